The Hall–Kier alpha value is -2.47. The largest absolute Gasteiger partial charge is 0.354 e. The van der Waals surface area contributed by atoms with Gasteiger partial charge in [0, 0.05) is 11.4 Å². The Labute approximate surface area is 150 Å². The molecule has 5 nitrogen and oxygen atoms in total. The van der Waals surface area contributed by atoms with E-state index in [1.165, 1.54) is 27.8 Å². The number of nitrogens with one attached hydrogen (secondary N) is 1. The SMILES string of the molecule is Cc1sc2ncn(CC(=O)NCC(C)c3ccccc3)c(=O)c2c1C. The number of hydrogen-bond donors (Lipinski definition) is 1. The Balaban J connectivity index is 1.69. The minimum Gasteiger partial charge on any atom is -0.354 e. The number of carbonyl (C=O) groups is 1. The lowest BCUT2D eigenvalue weighted by atomic mass is 10.0. The molecular weight excluding hydrogens is 334 g/mol. The maximum atomic E-state index is 12.6. The highest BCUT2D eigenvalue weighted by Gasteiger charge is 2.14. The molecule has 1 aromatic carbocycles. The second-order valence-corrected chi connectivity index (χ2v) is 7.46. The molecule has 0 fully saturated rings. The Morgan fingerprint density at radius 2 is 2.00 bits per heavy atom. The molecule has 0 aliphatic rings. The van der Waals surface area contributed by atoms with Gasteiger partial charge in [-0.3, -0.25) is 14.2 Å². The summed E-state index contributed by atoms with van der Waals surface area (Å²) in [5, 5.41) is 3.52. The average molecular weight is 355 g/mol. The molecule has 1 N–H and O–H groups in total. The molecule has 1 unspecified atom stereocenters. The number of aromatic nitrogens is 2. The third kappa shape index (κ3) is 3.64. The van der Waals surface area contributed by atoms with Gasteiger partial charge in [-0.15, -0.1) is 11.3 Å². The summed E-state index contributed by atoms with van der Waals surface area (Å²) in [5.74, 6) is 0.0277. The minimum atomic E-state index is -0.185. The van der Waals surface area contributed by atoms with Crippen molar-refractivity contribution in [1.29, 1.82) is 0 Å². The second kappa shape index (κ2) is 7.19. The maximum Gasteiger partial charge on any atom is 0.262 e. The van der Waals surface area contributed by atoms with Gasteiger partial charge in [0.05, 0.1) is 11.7 Å². The molecule has 25 heavy (non-hydrogen) atoms. The first-order valence-corrected chi connectivity index (χ1v) is 9.05. The van der Waals surface area contributed by atoms with Crippen LogP contribution in [0.5, 0.6) is 0 Å². The fourth-order valence-electron chi connectivity index (χ4n) is 2.76. The number of benzene rings is 1. The topological polar surface area (TPSA) is 64.0 Å². The lowest BCUT2D eigenvalue weighted by Crippen LogP contribution is -2.34. The van der Waals surface area contributed by atoms with Gasteiger partial charge in [0.15, 0.2) is 0 Å². The van der Waals surface area contributed by atoms with Crippen LogP contribution in [0.3, 0.4) is 0 Å². The standard InChI is InChI=1S/C19H21N3O2S/c1-12(15-7-5-4-6-8-15)9-20-16(23)10-22-11-21-18-17(19(22)24)13(2)14(3)25-18/h4-8,11-12H,9-10H2,1-3H3,(H,20,23). The fourth-order valence-corrected chi connectivity index (χ4v) is 3.75. The van der Waals surface area contributed by atoms with Crippen LogP contribution in [0.2, 0.25) is 0 Å². The molecule has 2 heterocycles. The summed E-state index contributed by atoms with van der Waals surface area (Å²) in [6.07, 6.45) is 1.46. The van der Waals surface area contributed by atoms with Gasteiger partial charge in [0.2, 0.25) is 5.91 Å². The molecule has 1 amide bonds. The number of rotatable bonds is 5. The van der Waals surface area contributed by atoms with E-state index in [4.69, 9.17) is 0 Å². The van der Waals surface area contributed by atoms with E-state index >= 15 is 0 Å². The third-order valence-corrected chi connectivity index (χ3v) is 5.56. The van der Waals surface area contributed by atoms with E-state index < -0.39 is 0 Å². The van der Waals surface area contributed by atoms with Crippen LogP contribution < -0.4 is 10.9 Å². The van der Waals surface area contributed by atoms with Gasteiger partial charge < -0.3 is 5.32 Å². The third-order valence-electron chi connectivity index (χ3n) is 4.44. The summed E-state index contributed by atoms with van der Waals surface area (Å²) >= 11 is 1.51. The second-order valence-electron chi connectivity index (χ2n) is 6.26. The molecule has 3 aromatic rings. The number of carbonyl (C=O) groups excluding carboxylic acids is 1. The van der Waals surface area contributed by atoms with Crippen molar-refractivity contribution in [1.82, 2.24) is 14.9 Å². The fraction of sp³-hybridized carbons (Fsp3) is 0.316. The molecule has 0 radical (unpaired) electrons. The van der Waals surface area contributed by atoms with Crippen LogP contribution >= 0.6 is 11.3 Å². The quantitative estimate of drug-likeness (QED) is 0.765. The van der Waals surface area contributed by atoms with Crippen molar-refractivity contribution in [3.63, 3.8) is 0 Å². The smallest absolute Gasteiger partial charge is 0.262 e. The van der Waals surface area contributed by atoms with Crippen LogP contribution in [0.15, 0.2) is 41.5 Å². The number of hydrogen-bond acceptors (Lipinski definition) is 4. The zero-order valence-corrected chi connectivity index (χ0v) is 15.4. The average Bonchev–Trinajstić information content (AvgIpc) is 2.91. The zero-order valence-electron chi connectivity index (χ0n) is 14.6. The van der Waals surface area contributed by atoms with Crippen molar-refractivity contribution in [3.8, 4) is 0 Å². The first-order valence-electron chi connectivity index (χ1n) is 8.24. The molecule has 2 aromatic heterocycles. The van der Waals surface area contributed by atoms with E-state index in [1.807, 2.05) is 44.2 Å². The molecule has 0 bridgehead atoms. The molecule has 0 aliphatic heterocycles. The molecule has 0 aliphatic carbocycles. The molecule has 130 valence electrons. The molecule has 6 heteroatoms. The summed E-state index contributed by atoms with van der Waals surface area (Å²) in [7, 11) is 0. The summed E-state index contributed by atoms with van der Waals surface area (Å²) in [4.78, 5) is 31.0. The highest BCUT2D eigenvalue weighted by atomic mass is 32.1. The van der Waals surface area contributed by atoms with Gasteiger partial charge in [-0.25, -0.2) is 4.98 Å². The van der Waals surface area contributed by atoms with Crippen LogP contribution in [0.1, 0.15) is 28.8 Å². The Bertz CT molecular complexity index is 960. The van der Waals surface area contributed by atoms with E-state index in [2.05, 4.69) is 17.2 Å². The van der Waals surface area contributed by atoms with E-state index in [1.54, 1.807) is 0 Å². The van der Waals surface area contributed by atoms with Gasteiger partial charge in [-0.1, -0.05) is 37.3 Å². The Morgan fingerprint density at radius 1 is 1.28 bits per heavy atom. The van der Waals surface area contributed by atoms with Crippen molar-refractivity contribution < 1.29 is 4.79 Å². The van der Waals surface area contributed by atoms with E-state index in [-0.39, 0.29) is 23.9 Å². The van der Waals surface area contributed by atoms with Crippen LogP contribution in [-0.2, 0) is 11.3 Å². The highest BCUT2D eigenvalue weighted by Crippen LogP contribution is 2.25. The van der Waals surface area contributed by atoms with Crippen molar-refractivity contribution >= 4 is 27.5 Å². The maximum absolute atomic E-state index is 12.6. The normalized spacial score (nSPS) is 12.3. The number of aryl methyl sites for hydroxylation is 2. The molecule has 0 saturated carbocycles. The lowest BCUT2D eigenvalue weighted by Gasteiger charge is -2.13. The van der Waals surface area contributed by atoms with Crippen molar-refractivity contribution in [3.05, 3.63) is 63.0 Å². The Morgan fingerprint density at radius 3 is 2.72 bits per heavy atom. The lowest BCUT2D eigenvalue weighted by molar-refractivity contribution is -0.121. The minimum absolute atomic E-state index is 0.0163. The number of fused-ring (bicyclic) bond motifs is 1. The zero-order chi connectivity index (χ0) is 18.0. The number of amides is 1. The van der Waals surface area contributed by atoms with Gasteiger partial charge >= 0.3 is 0 Å². The van der Waals surface area contributed by atoms with Crippen LogP contribution in [0.25, 0.3) is 10.2 Å². The molecule has 0 spiro atoms. The van der Waals surface area contributed by atoms with Crippen molar-refractivity contribution in [2.75, 3.05) is 6.54 Å². The first-order chi connectivity index (χ1) is 12.0. The summed E-state index contributed by atoms with van der Waals surface area (Å²) in [5.41, 5.74) is 1.97. The summed E-state index contributed by atoms with van der Waals surface area (Å²) < 4.78 is 1.38. The first kappa shape index (κ1) is 17.4. The number of nitrogens with zero attached hydrogens (tertiary/aromatic N) is 2. The van der Waals surface area contributed by atoms with Gasteiger partial charge in [0.25, 0.3) is 5.56 Å². The highest BCUT2D eigenvalue weighted by molar-refractivity contribution is 7.18. The Kier molecular flexibility index (Phi) is 4.99. The van der Waals surface area contributed by atoms with E-state index in [0.717, 1.165) is 15.3 Å². The molecule has 1 atom stereocenters. The van der Waals surface area contributed by atoms with Gasteiger partial charge in [0.1, 0.15) is 11.4 Å². The van der Waals surface area contributed by atoms with Crippen LogP contribution in [0.4, 0.5) is 0 Å². The van der Waals surface area contributed by atoms with E-state index in [9.17, 15) is 9.59 Å². The predicted octanol–water partition coefficient (Wildman–Crippen LogP) is 2.99. The molecule has 3 rings (SSSR count). The summed E-state index contributed by atoms with van der Waals surface area (Å²) in [6.45, 7) is 6.47. The monoisotopic (exact) mass is 355 g/mol. The van der Waals surface area contributed by atoms with Crippen LogP contribution in [-0.4, -0.2) is 22.0 Å². The van der Waals surface area contributed by atoms with Gasteiger partial charge in [-0.2, -0.15) is 0 Å². The van der Waals surface area contributed by atoms with Crippen molar-refractivity contribution in [2.24, 2.45) is 0 Å². The summed E-state index contributed by atoms with van der Waals surface area (Å²) in [6, 6.07) is 10.0. The molecular formula is C19H21N3O2S. The van der Waals surface area contributed by atoms with Crippen LogP contribution in [0, 0.1) is 13.8 Å². The van der Waals surface area contributed by atoms with Crippen molar-refractivity contribution in [2.45, 2.75) is 33.2 Å². The number of thiophene rings is 1. The van der Waals surface area contributed by atoms with Gasteiger partial charge in [-0.05, 0) is 30.9 Å². The predicted molar refractivity (Wildman–Crippen MR) is 101 cm³/mol. The van der Waals surface area contributed by atoms with E-state index in [0.29, 0.717) is 11.9 Å². The molecule has 0 saturated heterocycles.